The van der Waals surface area contributed by atoms with Crippen LogP contribution in [0.25, 0.3) is 5.69 Å². The van der Waals surface area contributed by atoms with Crippen LogP contribution in [-0.4, -0.2) is 36.0 Å². The van der Waals surface area contributed by atoms with Gasteiger partial charge in [0.05, 0.1) is 11.2 Å². The molecule has 0 amide bonds. The number of benzene rings is 1. The Morgan fingerprint density at radius 1 is 1.17 bits per heavy atom. The summed E-state index contributed by atoms with van der Waals surface area (Å²) in [5.41, 5.74) is 3.07. The second-order valence-corrected chi connectivity index (χ2v) is 11.4. The minimum absolute atomic E-state index is 0.191. The molecule has 0 radical (unpaired) electrons. The second-order valence-electron chi connectivity index (χ2n) is 9.38. The lowest BCUT2D eigenvalue weighted by atomic mass is 9.53. The highest BCUT2D eigenvalue weighted by Crippen LogP contribution is 2.57. The van der Waals surface area contributed by atoms with E-state index in [-0.39, 0.29) is 11.2 Å². The average Bonchev–Trinajstić information content (AvgIpc) is 3.03. The summed E-state index contributed by atoms with van der Waals surface area (Å²) in [5, 5.41) is 7.93. The normalized spacial score (nSPS) is 30.2. The lowest BCUT2D eigenvalue weighted by Gasteiger charge is -2.55. The number of rotatable bonds is 4. The van der Waals surface area contributed by atoms with E-state index in [9.17, 15) is 4.79 Å². The second kappa shape index (κ2) is 7.86. The Morgan fingerprint density at radius 3 is 2.40 bits per heavy atom. The van der Waals surface area contributed by atoms with Crippen LogP contribution in [0.15, 0.2) is 28.0 Å². The van der Waals surface area contributed by atoms with Crippen molar-refractivity contribution in [3.05, 3.63) is 39.8 Å². The van der Waals surface area contributed by atoms with E-state index in [1.807, 2.05) is 12.1 Å². The first-order chi connectivity index (χ1) is 14.5. The summed E-state index contributed by atoms with van der Waals surface area (Å²) in [4.78, 5) is 17.8. The number of hydrogen-bond donors (Lipinski definition) is 0. The van der Waals surface area contributed by atoms with E-state index in [0.29, 0.717) is 0 Å². The molecule has 4 fully saturated rings. The fraction of sp³-hybridized carbons (Fsp3) is 0.636. The van der Waals surface area contributed by atoms with E-state index in [2.05, 4.69) is 29.7 Å². The largest absolute Gasteiger partial charge is 0.368 e. The molecule has 8 heteroatoms. The molecule has 0 saturated heterocycles. The molecule has 4 bridgehead atoms. The highest BCUT2D eigenvalue weighted by Gasteiger charge is 2.51. The number of hydrogen-bond acceptors (Lipinski definition) is 6. The molecule has 0 N–H and O–H groups in total. The predicted octanol–water partition coefficient (Wildman–Crippen LogP) is 4.20. The average molecular weight is 444 g/mol. The van der Waals surface area contributed by atoms with Gasteiger partial charge in [-0.25, -0.2) is 4.79 Å². The van der Waals surface area contributed by atoms with Gasteiger partial charge in [0.15, 0.2) is 0 Å². The number of aryl methyl sites for hydroxylation is 2. The highest BCUT2D eigenvalue weighted by molar-refractivity contribution is 8.38. The lowest BCUT2D eigenvalue weighted by molar-refractivity contribution is 0.00197. The number of aliphatic imine (C=N–C) groups is 1. The topological polar surface area (TPSA) is 65.1 Å². The fourth-order valence-corrected chi connectivity index (χ4v) is 8.04. The zero-order chi connectivity index (χ0) is 20.9. The van der Waals surface area contributed by atoms with Crippen LogP contribution >= 0.6 is 23.5 Å². The Hall–Kier alpha value is -1.54. The Kier molecular flexibility index (Phi) is 5.34. The third-order valence-electron chi connectivity index (χ3n) is 7.18. The smallest absolute Gasteiger partial charge is 0.265 e. The summed E-state index contributed by atoms with van der Waals surface area (Å²) >= 11 is 3.57. The minimum Gasteiger partial charge on any atom is -0.265 e. The number of aromatic nitrogens is 4. The maximum absolute atomic E-state index is 12.4. The maximum Gasteiger partial charge on any atom is 0.368 e. The molecule has 0 unspecified atom stereocenters. The molecular weight excluding hydrogens is 414 g/mol. The molecule has 1 aromatic carbocycles. The van der Waals surface area contributed by atoms with Gasteiger partial charge >= 0.3 is 5.69 Å². The molecule has 0 aliphatic heterocycles. The van der Waals surface area contributed by atoms with Gasteiger partial charge in [0.25, 0.3) is 0 Å². The molecule has 1 aromatic heterocycles. The maximum atomic E-state index is 12.4. The highest BCUT2D eigenvalue weighted by atomic mass is 32.2. The molecule has 0 spiro atoms. The Balaban J connectivity index is 1.40. The summed E-state index contributed by atoms with van der Waals surface area (Å²) in [6.07, 6.45) is 10.3. The Labute approximate surface area is 185 Å². The van der Waals surface area contributed by atoms with Crippen LogP contribution in [0.1, 0.15) is 49.7 Å². The molecule has 6 rings (SSSR count). The minimum atomic E-state index is -0.223. The van der Waals surface area contributed by atoms with Crippen molar-refractivity contribution in [2.24, 2.45) is 29.8 Å². The van der Waals surface area contributed by atoms with Crippen molar-refractivity contribution in [3.8, 4) is 5.69 Å². The number of tetrazole rings is 1. The molecule has 2 aromatic rings. The van der Waals surface area contributed by atoms with Crippen molar-refractivity contribution < 1.29 is 0 Å². The van der Waals surface area contributed by atoms with E-state index >= 15 is 0 Å². The van der Waals surface area contributed by atoms with Gasteiger partial charge < -0.3 is 0 Å². The third kappa shape index (κ3) is 3.66. The van der Waals surface area contributed by atoms with Crippen molar-refractivity contribution in [1.82, 2.24) is 19.8 Å². The van der Waals surface area contributed by atoms with Crippen molar-refractivity contribution in [3.63, 3.8) is 0 Å². The molecule has 1 heterocycles. The molecule has 4 aliphatic carbocycles. The Morgan fingerprint density at radius 2 is 1.83 bits per heavy atom. The molecule has 4 saturated carbocycles. The van der Waals surface area contributed by atoms with Gasteiger partial charge in [-0.1, -0.05) is 23.9 Å². The van der Waals surface area contributed by atoms with Gasteiger partial charge in [-0.3, -0.25) is 4.99 Å². The van der Waals surface area contributed by atoms with Gasteiger partial charge in [-0.05, 0) is 97.1 Å². The van der Waals surface area contributed by atoms with Crippen molar-refractivity contribution >= 4 is 27.9 Å². The first-order valence-corrected chi connectivity index (χ1v) is 13.0. The van der Waals surface area contributed by atoms with Crippen LogP contribution in [0.5, 0.6) is 0 Å². The van der Waals surface area contributed by atoms with Crippen LogP contribution in [0.3, 0.4) is 0 Å². The molecule has 30 heavy (non-hydrogen) atoms. The molecule has 160 valence electrons. The summed E-state index contributed by atoms with van der Waals surface area (Å²) in [5.74, 6) is 3.48. The zero-order valence-electron chi connectivity index (χ0n) is 17.9. The summed E-state index contributed by atoms with van der Waals surface area (Å²) < 4.78 is 3.84. The van der Waals surface area contributed by atoms with Gasteiger partial charge in [-0.15, -0.1) is 11.8 Å². The summed E-state index contributed by atoms with van der Waals surface area (Å²) in [7, 11) is 1.63. The van der Waals surface area contributed by atoms with E-state index in [4.69, 9.17) is 4.99 Å². The van der Waals surface area contributed by atoms with Gasteiger partial charge in [0.1, 0.15) is 4.38 Å². The SMILES string of the molecule is CS/C(=N/C12CC3CC(CC(C3)C1)C2)SCc1c(C)cccc1-n1nnn(C)c1=O. The van der Waals surface area contributed by atoms with Crippen molar-refractivity contribution in [2.45, 2.75) is 56.7 Å². The lowest BCUT2D eigenvalue weighted by Crippen LogP contribution is -2.49. The van der Waals surface area contributed by atoms with E-state index in [1.165, 1.54) is 52.3 Å². The van der Waals surface area contributed by atoms with Crippen molar-refractivity contribution in [2.75, 3.05) is 6.26 Å². The predicted molar refractivity (Wildman–Crippen MR) is 124 cm³/mol. The zero-order valence-corrected chi connectivity index (χ0v) is 19.5. The molecule has 6 nitrogen and oxygen atoms in total. The standard InChI is InChI=1S/C22H29N5OS2/c1-14-5-4-6-19(27-21(28)26(2)24-25-27)18(14)13-30-20(29-3)23-22-10-15-7-16(11-22)9-17(8-15)12-22/h4-6,15-17H,7-13H2,1-3H3/b23-20-. The molecule has 4 aliphatic rings. The van der Waals surface area contributed by atoms with E-state index < -0.39 is 0 Å². The molecule has 0 atom stereocenters. The summed E-state index contributed by atoms with van der Waals surface area (Å²) in [6, 6.07) is 6.02. The first-order valence-electron chi connectivity index (χ1n) is 10.8. The van der Waals surface area contributed by atoms with Gasteiger partial charge in [0, 0.05) is 12.8 Å². The van der Waals surface area contributed by atoms with Crippen LogP contribution in [0, 0.1) is 24.7 Å². The number of nitrogens with zero attached hydrogens (tertiary/aromatic N) is 5. The van der Waals surface area contributed by atoms with Crippen molar-refractivity contribution in [1.29, 1.82) is 0 Å². The van der Waals surface area contributed by atoms with Crippen LogP contribution in [0.4, 0.5) is 0 Å². The van der Waals surface area contributed by atoms with E-state index in [0.717, 1.165) is 40.3 Å². The summed E-state index contributed by atoms with van der Waals surface area (Å²) in [6.45, 7) is 2.09. The molecular formula is C22H29N5OS2. The fourth-order valence-electron chi connectivity index (χ4n) is 6.20. The quantitative estimate of drug-likeness (QED) is 0.523. The van der Waals surface area contributed by atoms with Crippen LogP contribution in [-0.2, 0) is 12.8 Å². The van der Waals surface area contributed by atoms with Gasteiger partial charge in [0.2, 0.25) is 0 Å². The Bertz CT molecular complexity index is 1010. The number of thioether (sulfide) groups is 2. The van der Waals surface area contributed by atoms with Crippen LogP contribution in [0.2, 0.25) is 0 Å². The monoisotopic (exact) mass is 443 g/mol. The van der Waals surface area contributed by atoms with Gasteiger partial charge in [-0.2, -0.15) is 9.36 Å². The van der Waals surface area contributed by atoms with Crippen LogP contribution < -0.4 is 5.69 Å². The van der Waals surface area contributed by atoms with E-state index in [1.54, 1.807) is 30.6 Å². The third-order valence-corrected chi connectivity index (χ3v) is 9.25. The first kappa shape index (κ1) is 20.4.